The summed E-state index contributed by atoms with van der Waals surface area (Å²) in [5.41, 5.74) is 1.22. The number of hydrogen-bond acceptors (Lipinski definition) is 3. The highest BCUT2D eigenvalue weighted by Crippen LogP contribution is 2.28. The second-order valence-electron chi connectivity index (χ2n) is 7.04. The van der Waals surface area contributed by atoms with E-state index >= 15 is 0 Å². The second-order valence-corrected chi connectivity index (χ2v) is 7.04. The van der Waals surface area contributed by atoms with Gasteiger partial charge in [-0.05, 0) is 56.0 Å². The van der Waals surface area contributed by atoms with Crippen molar-refractivity contribution < 1.29 is 14.6 Å². The van der Waals surface area contributed by atoms with E-state index in [1.807, 2.05) is 28.8 Å². The SMILES string of the molecule is O=C(O)c1ccn(-c2ccc(OC3CCN(C4CCC4)CC3)cc2)c1. The van der Waals surface area contributed by atoms with Crippen LogP contribution in [0.4, 0.5) is 0 Å². The van der Waals surface area contributed by atoms with Gasteiger partial charge in [0, 0.05) is 37.2 Å². The van der Waals surface area contributed by atoms with Crippen molar-refractivity contribution in [2.24, 2.45) is 0 Å². The van der Waals surface area contributed by atoms with Gasteiger partial charge < -0.3 is 19.3 Å². The molecule has 1 aliphatic heterocycles. The Morgan fingerprint density at radius 1 is 1.04 bits per heavy atom. The molecule has 1 aromatic carbocycles. The van der Waals surface area contributed by atoms with Gasteiger partial charge in [0.25, 0.3) is 0 Å². The number of ether oxygens (including phenoxy) is 1. The van der Waals surface area contributed by atoms with Gasteiger partial charge >= 0.3 is 5.97 Å². The Labute approximate surface area is 147 Å². The zero-order chi connectivity index (χ0) is 17.2. The maximum atomic E-state index is 11.0. The largest absolute Gasteiger partial charge is 0.490 e. The molecule has 0 atom stereocenters. The summed E-state index contributed by atoms with van der Waals surface area (Å²) >= 11 is 0. The van der Waals surface area contributed by atoms with Crippen LogP contribution in [0.2, 0.25) is 0 Å². The van der Waals surface area contributed by atoms with Crippen molar-refractivity contribution in [3.8, 4) is 11.4 Å². The lowest BCUT2D eigenvalue weighted by molar-refractivity contribution is 0.0493. The Bertz CT molecular complexity index is 726. The number of piperidine rings is 1. The standard InChI is InChI=1S/C20H24N2O3/c23-20(24)15-8-11-22(14-15)17-4-6-18(7-5-17)25-19-9-12-21(13-10-19)16-2-1-3-16/h4-8,11,14,16,19H,1-3,9-10,12-13H2,(H,23,24). The van der Waals surface area contributed by atoms with Crippen LogP contribution >= 0.6 is 0 Å². The third kappa shape index (κ3) is 3.56. The Kier molecular flexibility index (Phi) is 4.49. The molecule has 2 aliphatic rings. The van der Waals surface area contributed by atoms with Crippen molar-refractivity contribution in [3.63, 3.8) is 0 Å². The molecule has 1 saturated heterocycles. The lowest BCUT2D eigenvalue weighted by atomic mass is 9.90. The summed E-state index contributed by atoms with van der Waals surface area (Å²) in [6.07, 6.45) is 10.0. The van der Waals surface area contributed by atoms with Crippen LogP contribution < -0.4 is 4.74 Å². The van der Waals surface area contributed by atoms with Crippen LogP contribution in [-0.2, 0) is 0 Å². The molecule has 0 bridgehead atoms. The van der Waals surface area contributed by atoms with E-state index in [0.717, 1.165) is 43.4 Å². The minimum Gasteiger partial charge on any atom is -0.490 e. The molecular weight excluding hydrogens is 316 g/mol. The summed E-state index contributed by atoms with van der Waals surface area (Å²) in [5, 5.41) is 9.01. The normalized spacial score (nSPS) is 19.5. The first kappa shape index (κ1) is 16.2. The number of benzene rings is 1. The third-order valence-corrected chi connectivity index (χ3v) is 5.45. The number of carboxylic acid groups (broad SMARTS) is 1. The summed E-state index contributed by atoms with van der Waals surface area (Å²) in [6, 6.07) is 10.3. The summed E-state index contributed by atoms with van der Waals surface area (Å²) in [6.45, 7) is 2.30. The van der Waals surface area contributed by atoms with Gasteiger partial charge in [-0.2, -0.15) is 0 Å². The average Bonchev–Trinajstić information content (AvgIpc) is 3.06. The molecule has 1 aliphatic carbocycles. The van der Waals surface area contributed by atoms with E-state index < -0.39 is 5.97 Å². The van der Waals surface area contributed by atoms with Crippen molar-refractivity contribution in [1.29, 1.82) is 0 Å². The maximum absolute atomic E-state index is 11.0. The monoisotopic (exact) mass is 340 g/mol. The minimum absolute atomic E-state index is 0.290. The molecule has 2 fully saturated rings. The summed E-state index contributed by atoms with van der Waals surface area (Å²) in [4.78, 5) is 13.6. The van der Waals surface area contributed by atoms with Gasteiger partial charge in [0.1, 0.15) is 11.9 Å². The van der Waals surface area contributed by atoms with Crippen LogP contribution in [-0.4, -0.2) is 45.8 Å². The van der Waals surface area contributed by atoms with E-state index in [-0.39, 0.29) is 0 Å². The van der Waals surface area contributed by atoms with Crippen LogP contribution in [0.3, 0.4) is 0 Å². The second kappa shape index (κ2) is 6.92. The van der Waals surface area contributed by atoms with Crippen molar-refractivity contribution in [1.82, 2.24) is 9.47 Å². The van der Waals surface area contributed by atoms with Crippen LogP contribution in [0.25, 0.3) is 5.69 Å². The lowest BCUT2D eigenvalue weighted by Crippen LogP contribution is -2.46. The minimum atomic E-state index is -0.910. The lowest BCUT2D eigenvalue weighted by Gasteiger charge is -2.41. The van der Waals surface area contributed by atoms with E-state index in [4.69, 9.17) is 9.84 Å². The first-order chi connectivity index (χ1) is 12.2. The Morgan fingerprint density at radius 2 is 1.76 bits per heavy atom. The Balaban J connectivity index is 1.33. The molecule has 5 heteroatoms. The van der Waals surface area contributed by atoms with E-state index in [9.17, 15) is 4.79 Å². The quantitative estimate of drug-likeness (QED) is 0.904. The van der Waals surface area contributed by atoms with E-state index in [1.54, 1.807) is 18.5 Å². The predicted octanol–water partition coefficient (Wildman–Crippen LogP) is 3.57. The Hall–Kier alpha value is -2.27. The van der Waals surface area contributed by atoms with Crippen LogP contribution in [0.15, 0.2) is 42.7 Å². The van der Waals surface area contributed by atoms with Crippen LogP contribution in [0, 0.1) is 0 Å². The number of hydrogen-bond donors (Lipinski definition) is 1. The van der Waals surface area contributed by atoms with Crippen molar-refractivity contribution in [3.05, 3.63) is 48.3 Å². The molecule has 1 aromatic heterocycles. The van der Waals surface area contributed by atoms with E-state index in [0.29, 0.717) is 11.7 Å². The van der Waals surface area contributed by atoms with E-state index in [1.165, 1.54) is 19.3 Å². The third-order valence-electron chi connectivity index (χ3n) is 5.45. The highest BCUT2D eigenvalue weighted by Gasteiger charge is 2.29. The number of likely N-dealkylation sites (tertiary alicyclic amines) is 1. The first-order valence-electron chi connectivity index (χ1n) is 9.11. The molecule has 1 N–H and O–H groups in total. The fourth-order valence-electron chi connectivity index (χ4n) is 3.68. The molecule has 2 aromatic rings. The number of aromatic carboxylic acids is 1. The molecule has 0 unspecified atom stereocenters. The van der Waals surface area contributed by atoms with Crippen molar-refractivity contribution in [2.45, 2.75) is 44.2 Å². The van der Waals surface area contributed by atoms with Crippen LogP contribution in [0.5, 0.6) is 5.75 Å². The van der Waals surface area contributed by atoms with Crippen molar-refractivity contribution in [2.75, 3.05) is 13.1 Å². The van der Waals surface area contributed by atoms with E-state index in [2.05, 4.69) is 4.90 Å². The van der Waals surface area contributed by atoms with Gasteiger partial charge in [0.05, 0.1) is 5.56 Å². The van der Waals surface area contributed by atoms with Crippen molar-refractivity contribution >= 4 is 5.97 Å². The Morgan fingerprint density at radius 3 is 2.32 bits per heavy atom. The number of nitrogens with zero attached hydrogens (tertiary/aromatic N) is 2. The zero-order valence-corrected chi connectivity index (χ0v) is 14.3. The molecular formula is C20H24N2O3. The van der Waals surface area contributed by atoms with Gasteiger partial charge in [0.2, 0.25) is 0 Å². The van der Waals surface area contributed by atoms with Crippen LogP contribution in [0.1, 0.15) is 42.5 Å². The first-order valence-corrected chi connectivity index (χ1v) is 9.11. The molecule has 0 spiro atoms. The number of carboxylic acids is 1. The molecule has 0 radical (unpaired) electrons. The fourth-order valence-corrected chi connectivity index (χ4v) is 3.68. The van der Waals surface area contributed by atoms with Gasteiger partial charge in [-0.15, -0.1) is 0 Å². The van der Waals surface area contributed by atoms with Gasteiger partial charge in [0.15, 0.2) is 0 Å². The molecule has 132 valence electrons. The van der Waals surface area contributed by atoms with Gasteiger partial charge in [-0.1, -0.05) is 6.42 Å². The summed E-state index contributed by atoms with van der Waals surface area (Å²) in [7, 11) is 0. The summed E-state index contributed by atoms with van der Waals surface area (Å²) < 4.78 is 7.95. The number of rotatable bonds is 5. The molecule has 2 heterocycles. The molecule has 4 rings (SSSR count). The smallest absolute Gasteiger partial charge is 0.337 e. The maximum Gasteiger partial charge on any atom is 0.337 e. The van der Waals surface area contributed by atoms with Gasteiger partial charge in [-0.3, -0.25) is 0 Å². The molecule has 25 heavy (non-hydrogen) atoms. The predicted molar refractivity (Wildman–Crippen MR) is 95.6 cm³/mol. The summed E-state index contributed by atoms with van der Waals surface area (Å²) in [5.74, 6) is -0.0246. The molecule has 5 nitrogen and oxygen atoms in total. The topological polar surface area (TPSA) is 54.7 Å². The molecule has 0 amide bonds. The highest BCUT2D eigenvalue weighted by atomic mass is 16.5. The fraction of sp³-hybridized carbons (Fsp3) is 0.450. The van der Waals surface area contributed by atoms with Gasteiger partial charge in [-0.25, -0.2) is 4.79 Å². The number of aromatic nitrogens is 1. The highest BCUT2D eigenvalue weighted by molar-refractivity contribution is 5.87. The number of carbonyl (C=O) groups is 1. The average molecular weight is 340 g/mol. The molecule has 1 saturated carbocycles. The zero-order valence-electron chi connectivity index (χ0n) is 14.3.